The summed E-state index contributed by atoms with van der Waals surface area (Å²) in [7, 11) is -3.48. The van der Waals surface area contributed by atoms with Crippen molar-refractivity contribution in [2.45, 2.75) is 50.6 Å². The molecule has 0 aromatic carbocycles. The minimum absolute atomic E-state index is 0.0249. The van der Waals surface area contributed by atoms with Gasteiger partial charge in [0, 0.05) is 17.5 Å². The average molecular weight is 381 g/mol. The summed E-state index contributed by atoms with van der Waals surface area (Å²) in [5, 5.41) is 0. The maximum Gasteiger partial charge on any atom is 0.242 e. The summed E-state index contributed by atoms with van der Waals surface area (Å²) in [6.45, 7) is 4.68. The normalized spacial score (nSPS) is 27.7. The zero-order chi connectivity index (χ0) is 14.9. The van der Waals surface area contributed by atoms with Gasteiger partial charge in [0.15, 0.2) is 0 Å². The van der Waals surface area contributed by atoms with Gasteiger partial charge in [-0.2, -0.15) is 0 Å². The number of nitrogens with one attached hydrogen (secondary N) is 1. The van der Waals surface area contributed by atoms with E-state index in [2.05, 4.69) is 34.5 Å². The van der Waals surface area contributed by atoms with Crippen molar-refractivity contribution in [3.8, 4) is 0 Å². The van der Waals surface area contributed by atoms with Crippen molar-refractivity contribution in [3.63, 3.8) is 0 Å². The monoisotopic (exact) mass is 380 g/mol. The number of thiophene rings is 1. The molecule has 1 aliphatic carbocycles. The van der Waals surface area contributed by atoms with Gasteiger partial charge >= 0.3 is 0 Å². The number of nitrogens with two attached hydrogens (primary N) is 1. The lowest BCUT2D eigenvalue weighted by Gasteiger charge is -2.34. The second-order valence-corrected chi connectivity index (χ2v) is 9.69. The summed E-state index contributed by atoms with van der Waals surface area (Å²) in [5.41, 5.74) is 5.57. The summed E-state index contributed by atoms with van der Waals surface area (Å²) in [6.07, 6.45) is 3.17. The van der Waals surface area contributed by atoms with Crippen LogP contribution in [0.2, 0.25) is 0 Å². The van der Waals surface area contributed by atoms with Crippen molar-refractivity contribution in [1.29, 1.82) is 0 Å². The highest BCUT2D eigenvalue weighted by molar-refractivity contribution is 9.11. The third kappa shape index (κ3) is 3.44. The van der Waals surface area contributed by atoms with Gasteiger partial charge in [0.1, 0.15) is 4.90 Å². The molecule has 3 N–H and O–H groups in total. The van der Waals surface area contributed by atoms with Crippen LogP contribution < -0.4 is 10.5 Å². The predicted octanol–water partition coefficient (Wildman–Crippen LogP) is 3.07. The molecule has 114 valence electrons. The van der Waals surface area contributed by atoms with E-state index in [-0.39, 0.29) is 6.04 Å². The first-order valence-corrected chi connectivity index (χ1v) is 9.95. The van der Waals surface area contributed by atoms with Crippen LogP contribution in [-0.2, 0) is 16.6 Å². The van der Waals surface area contributed by atoms with Gasteiger partial charge in [0.25, 0.3) is 0 Å². The Morgan fingerprint density at radius 2 is 2.15 bits per heavy atom. The molecule has 1 aliphatic rings. The lowest BCUT2D eigenvalue weighted by molar-refractivity contribution is 0.227. The molecule has 1 heterocycles. The number of sulfonamides is 1. The lowest BCUT2D eigenvalue weighted by atomic mass is 9.78. The molecule has 3 atom stereocenters. The van der Waals surface area contributed by atoms with E-state index in [1.807, 2.05) is 0 Å². The van der Waals surface area contributed by atoms with Gasteiger partial charge in [-0.1, -0.05) is 26.7 Å². The van der Waals surface area contributed by atoms with Crippen LogP contribution in [0.5, 0.6) is 0 Å². The molecule has 1 aromatic heterocycles. The summed E-state index contributed by atoms with van der Waals surface area (Å²) in [6, 6.07) is 1.69. The van der Waals surface area contributed by atoms with E-state index in [0.29, 0.717) is 27.1 Å². The van der Waals surface area contributed by atoms with Crippen LogP contribution in [0.4, 0.5) is 0 Å². The van der Waals surface area contributed by atoms with Crippen LogP contribution in [0.25, 0.3) is 0 Å². The second-order valence-electron chi connectivity index (χ2n) is 5.55. The molecule has 1 aromatic rings. The maximum absolute atomic E-state index is 12.5. The summed E-state index contributed by atoms with van der Waals surface area (Å²) < 4.78 is 28.6. The van der Waals surface area contributed by atoms with Gasteiger partial charge in [0.05, 0.1) is 3.79 Å². The van der Waals surface area contributed by atoms with E-state index in [1.165, 1.54) is 17.8 Å². The fraction of sp³-hybridized carbons (Fsp3) is 0.692. The van der Waals surface area contributed by atoms with E-state index in [9.17, 15) is 8.42 Å². The molecule has 1 saturated carbocycles. The Bertz CT molecular complexity index is 571. The Labute approximate surface area is 133 Å². The molecule has 2 rings (SSSR count). The number of hydrogen-bond donors (Lipinski definition) is 2. The highest BCUT2D eigenvalue weighted by atomic mass is 79.9. The first kappa shape index (κ1) is 16.4. The molecule has 0 spiro atoms. The van der Waals surface area contributed by atoms with Gasteiger partial charge in [-0.15, -0.1) is 11.3 Å². The number of rotatable bonds is 4. The summed E-state index contributed by atoms with van der Waals surface area (Å²) in [5.74, 6) is 0.923. The Hall–Kier alpha value is 0.0500. The molecule has 0 amide bonds. The topological polar surface area (TPSA) is 72.2 Å². The van der Waals surface area contributed by atoms with Crippen LogP contribution in [0.3, 0.4) is 0 Å². The molecule has 1 fully saturated rings. The summed E-state index contributed by atoms with van der Waals surface area (Å²) in [4.78, 5) is 1.18. The molecule has 4 nitrogen and oxygen atoms in total. The Morgan fingerprint density at radius 3 is 2.75 bits per heavy atom. The largest absolute Gasteiger partial charge is 0.326 e. The molecule has 20 heavy (non-hydrogen) atoms. The highest BCUT2D eigenvalue weighted by Crippen LogP contribution is 2.34. The highest BCUT2D eigenvalue weighted by Gasteiger charge is 2.32. The third-order valence-corrected chi connectivity index (χ3v) is 7.97. The standard InChI is InChI=1S/C13H21BrN2O2S2/c1-8-4-3-5-11(9(8)2)16-20(17,18)12-6-10(7-15)19-13(12)14/h6,8-9,11,16H,3-5,7,15H2,1-2H3. The molecular weight excluding hydrogens is 360 g/mol. The van der Waals surface area contributed by atoms with Gasteiger partial charge in [0.2, 0.25) is 10.0 Å². The van der Waals surface area contributed by atoms with E-state index in [0.717, 1.165) is 17.7 Å². The quantitative estimate of drug-likeness (QED) is 0.842. The third-order valence-electron chi connectivity index (χ3n) is 4.21. The summed E-state index contributed by atoms with van der Waals surface area (Å²) >= 11 is 4.71. The average Bonchev–Trinajstić information content (AvgIpc) is 2.77. The van der Waals surface area contributed by atoms with Crippen molar-refractivity contribution < 1.29 is 8.42 Å². The molecule has 0 bridgehead atoms. The lowest BCUT2D eigenvalue weighted by Crippen LogP contribution is -2.43. The first-order chi connectivity index (χ1) is 9.35. The van der Waals surface area contributed by atoms with Gasteiger partial charge in [-0.3, -0.25) is 0 Å². The fourth-order valence-electron chi connectivity index (χ4n) is 2.69. The molecule has 0 radical (unpaired) electrons. The van der Waals surface area contributed by atoms with Crippen LogP contribution in [0, 0.1) is 11.8 Å². The Balaban J connectivity index is 2.20. The number of halogens is 1. The van der Waals surface area contributed by atoms with Gasteiger partial charge in [-0.05, 0) is 40.3 Å². The van der Waals surface area contributed by atoms with E-state index >= 15 is 0 Å². The van der Waals surface area contributed by atoms with E-state index in [4.69, 9.17) is 5.73 Å². The Kier molecular flexibility index (Phi) is 5.29. The van der Waals surface area contributed by atoms with Crippen LogP contribution in [0.15, 0.2) is 14.7 Å². The van der Waals surface area contributed by atoms with Crippen molar-refractivity contribution in [2.75, 3.05) is 0 Å². The van der Waals surface area contributed by atoms with E-state index < -0.39 is 10.0 Å². The minimum Gasteiger partial charge on any atom is -0.326 e. The SMILES string of the molecule is CC1CCCC(NS(=O)(=O)c2cc(CN)sc2Br)C1C. The predicted molar refractivity (Wildman–Crippen MR) is 86.2 cm³/mol. The molecule has 0 saturated heterocycles. The van der Waals surface area contributed by atoms with E-state index in [1.54, 1.807) is 6.07 Å². The minimum atomic E-state index is -3.48. The molecule has 3 unspecified atom stereocenters. The van der Waals surface area contributed by atoms with Crippen LogP contribution in [0.1, 0.15) is 38.0 Å². The zero-order valence-electron chi connectivity index (χ0n) is 11.7. The van der Waals surface area contributed by atoms with Gasteiger partial charge < -0.3 is 5.73 Å². The van der Waals surface area contributed by atoms with Crippen molar-refractivity contribution in [1.82, 2.24) is 4.72 Å². The smallest absolute Gasteiger partial charge is 0.242 e. The Morgan fingerprint density at radius 1 is 1.45 bits per heavy atom. The fourth-order valence-corrected chi connectivity index (χ4v) is 6.62. The maximum atomic E-state index is 12.5. The number of hydrogen-bond acceptors (Lipinski definition) is 4. The molecule has 7 heteroatoms. The van der Waals surface area contributed by atoms with Crippen molar-refractivity contribution >= 4 is 37.3 Å². The molecular formula is C13H21BrN2O2S2. The van der Waals surface area contributed by atoms with Crippen molar-refractivity contribution in [2.24, 2.45) is 17.6 Å². The zero-order valence-corrected chi connectivity index (χ0v) is 14.9. The van der Waals surface area contributed by atoms with Crippen LogP contribution >= 0.6 is 27.3 Å². The molecule has 0 aliphatic heterocycles. The second kappa shape index (κ2) is 6.44. The van der Waals surface area contributed by atoms with Gasteiger partial charge in [-0.25, -0.2) is 13.1 Å². The van der Waals surface area contributed by atoms with Crippen LogP contribution in [-0.4, -0.2) is 14.5 Å². The first-order valence-electron chi connectivity index (χ1n) is 6.85. The van der Waals surface area contributed by atoms with Crippen molar-refractivity contribution in [3.05, 3.63) is 14.7 Å².